The normalized spacial score (nSPS) is 10.9. The number of aromatic nitrogens is 3. The maximum Gasteiger partial charge on any atom is 0.213 e. The molecule has 0 aliphatic heterocycles. The monoisotopic (exact) mass is 291 g/mol. The van der Waals surface area contributed by atoms with E-state index in [0.29, 0.717) is 0 Å². The minimum atomic E-state index is -0.486. The van der Waals surface area contributed by atoms with Gasteiger partial charge in [-0.25, -0.2) is 9.97 Å². The second kappa shape index (κ2) is 3.92. The Kier molecular flexibility index (Phi) is 2.40. The Morgan fingerprint density at radius 2 is 2.12 bits per heavy atom. The molecule has 3 heterocycles. The molecule has 1 N–H and O–H groups in total. The lowest BCUT2D eigenvalue weighted by atomic mass is 10.1. The predicted molar refractivity (Wildman–Crippen MR) is 67.0 cm³/mol. The zero-order valence-electron chi connectivity index (χ0n) is 8.61. The molecular weight excluding hydrogens is 285 g/mol. The number of aromatic amines is 1. The smallest absolute Gasteiger partial charge is 0.213 e. The highest BCUT2D eigenvalue weighted by molar-refractivity contribution is 9.10. The van der Waals surface area contributed by atoms with Crippen LogP contribution in [0.15, 0.2) is 41.3 Å². The molecule has 0 atom stereocenters. The summed E-state index contributed by atoms with van der Waals surface area (Å²) in [6.07, 6.45) is 4.99. The number of H-pyrrole nitrogens is 1. The SMILES string of the molecule is Fc1cc(-c2c[nH]c3ncc(Br)cc23)ccn1. The standard InChI is InChI=1S/C12H7BrFN3/c13-8-4-9-10(6-17-12(9)16-5-8)7-1-2-15-11(14)3-7/h1-6H,(H,16,17). The van der Waals surface area contributed by atoms with Gasteiger partial charge >= 0.3 is 0 Å². The van der Waals surface area contributed by atoms with E-state index in [2.05, 4.69) is 30.9 Å². The Labute approximate surface area is 105 Å². The van der Waals surface area contributed by atoms with E-state index >= 15 is 0 Å². The first-order chi connectivity index (χ1) is 8.24. The van der Waals surface area contributed by atoms with Crippen molar-refractivity contribution in [3.05, 3.63) is 47.2 Å². The highest BCUT2D eigenvalue weighted by atomic mass is 79.9. The van der Waals surface area contributed by atoms with Crippen molar-refractivity contribution >= 4 is 27.0 Å². The summed E-state index contributed by atoms with van der Waals surface area (Å²) in [5, 5.41) is 0.949. The van der Waals surface area contributed by atoms with Gasteiger partial charge in [-0.1, -0.05) is 0 Å². The van der Waals surface area contributed by atoms with Crippen molar-refractivity contribution in [1.29, 1.82) is 0 Å². The van der Waals surface area contributed by atoms with Crippen molar-refractivity contribution in [3.8, 4) is 11.1 Å². The Morgan fingerprint density at radius 1 is 1.24 bits per heavy atom. The van der Waals surface area contributed by atoms with E-state index in [1.807, 2.05) is 12.3 Å². The fourth-order valence-corrected chi connectivity index (χ4v) is 2.12. The van der Waals surface area contributed by atoms with Crippen LogP contribution in [-0.4, -0.2) is 15.0 Å². The van der Waals surface area contributed by atoms with Crippen molar-refractivity contribution in [2.24, 2.45) is 0 Å². The van der Waals surface area contributed by atoms with Gasteiger partial charge in [0.2, 0.25) is 5.95 Å². The largest absolute Gasteiger partial charge is 0.346 e. The summed E-state index contributed by atoms with van der Waals surface area (Å²) in [4.78, 5) is 10.8. The molecule has 5 heteroatoms. The number of nitrogens with zero attached hydrogens (tertiary/aromatic N) is 2. The first kappa shape index (κ1) is 10.4. The highest BCUT2D eigenvalue weighted by Gasteiger charge is 2.08. The first-order valence-corrected chi connectivity index (χ1v) is 5.78. The van der Waals surface area contributed by atoms with Gasteiger partial charge in [0.15, 0.2) is 0 Å². The van der Waals surface area contributed by atoms with Crippen LogP contribution < -0.4 is 0 Å². The van der Waals surface area contributed by atoms with Crippen LogP contribution in [0.5, 0.6) is 0 Å². The van der Waals surface area contributed by atoms with Crippen molar-refractivity contribution in [1.82, 2.24) is 15.0 Å². The third-order valence-electron chi connectivity index (χ3n) is 2.54. The van der Waals surface area contributed by atoms with Gasteiger partial charge in [0, 0.05) is 40.1 Å². The summed E-state index contributed by atoms with van der Waals surface area (Å²) in [5.41, 5.74) is 2.47. The summed E-state index contributed by atoms with van der Waals surface area (Å²) < 4.78 is 14.0. The van der Waals surface area contributed by atoms with Gasteiger partial charge < -0.3 is 4.98 Å². The van der Waals surface area contributed by atoms with Crippen LogP contribution in [0.2, 0.25) is 0 Å². The summed E-state index contributed by atoms with van der Waals surface area (Å²) in [6, 6.07) is 5.13. The zero-order valence-corrected chi connectivity index (χ0v) is 10.2. The third kappa shape index (κ3) is 1.82. The molecule has 0 bridgehead atoms. The van der Waals surface area contributed by atoms with Crippen LogP contribution in [0.1, 0.15) is 0 Å². The van der Waals surface area contributed by atoms with Crippen LogP contribution in [0.3, 0.4) is 0 Å². The quantitative estimate of drug-likeness (QED) is 0.697. The van der Waals surface area contributed by atoms with E-state index in [1.54, 1.807) is 12.3 Å². The van der Waals surface area contributed by atoms with Gasteiger partial charge in [0.25, 0.3) is 0 Å². The van der Waals surface area contributed by atoms with Gasteiger partial charge in [-0.3, -0.25) is 0 Å². The molecule has 3 rings (SSSR count). The maximum absolute atomic E-state index is 13.1. The Morgan fingerprint density at radius 3 is 2.94 bits per heavy atom. The Hall–Kier alpha value is -1.75. The molecule has 3 nitrogen and oxygen atoms in total. The number of pyridine rings is 2. The van der Waals surface area contributed by atoms with Crippen molar-refractivity contribution in [3.63, 3.8) is 0 Å². The molecule has 0 aliphatic rings. The summed E-state index contributed by atoms with van der Waals surface area (Å²) in [5.74, 6) is -0.486. The Bertz CT molecular complexity index is 693. The molecule has 0 aliphatic carbocycles. The predicted octanol–water partition coefficient (Wildman–Crippen LogP) is 3.53. The van der Waals surface area contributed by atoms with Crippen molar-refractivity contribution in [2.45, 2.75) is 0 Å². The van der Waals surface area contributed by atoms with E-state index in [4.69, 9.17) is 0 Å². The molecule has 17 heavy (non-hydrogen) atoms. The van der Waals surface area contributed by atoms with Crippen LogP contribution in [0, 0.1) is 5.95 Å². The van der Waals surface area contributed by atoms with E-state index in [1.165, 1.54) is 12.3 Å². The zero-order chi connectivity index (χ0) is 11.8. The number of nitrogens with one attached hydrogen (secondary N) is 1. The van der Waals surface area contributed by atoms with Gasteiger partial charge in [0.1, 0.15) is 5.65 Å². The van der Waals surface area contributed by atoms with E-state index < -0.39 is 5.95 Å². The van der Waals surface area contributed by atoms with Crippen LogP contribution in [0.25, 0.3) is 22.2 Å². The number of rotatable bonds is 1. The molecule has 0 aromatic carbocycles. The van der Waals surface area contributed by atoms with Gasteiger partial charge in [0.05, 0.1) is 0 Å². The fraction of sp³-hybridized carbons (Fsp3) is 0. The summed E-state index contributed by atoms with van der Waals surface area (Å²) in [7, 11) is 0. The van der Waals surface area contributed by atoms with E-state index in [0.717, 1.165) is 26.6 Å². The molecule has 0 radical (unpaired) electrons. The minimum Gasteiger partial charge on any atom is -0.346 e. The van der Waals surface area contributed by atoms with Crippen molar-refractivity contribution < 1.29 is 4.39 Å². The second-order valence-electron chi connectivity index (χ2n) is 3.62. The van der Waals surface area contributed by atoms with Gasteiger partial charge in [-0.15, -0.1) is 0 Å². The van der Waals surface area contributed by atoms with E-state index in [9.17, 15) is 4.39 Å². The molecule has 0 fully saturated rings. The topological polar surface area (TPSA) is 41.6 Å². The lowest BCUT2D eigenvalue weighted by Crippen LogP contribution is -1.83. The molecule has 0 spiro atoms. The molecule has 0 unspecified atom stereocenters. The second-order valence-corrected chi connectivity index (χ2v) is 4.53. The minimum absolute atomic E-state index is 0.486. The summed E-state index contributed by atoms with van der Waals surface area (Å²) >= 11 is 3.38. The van der Waals surface area contributed by atoms with E-state index in [-0.39, 0.29) is 0 Å². The number of fused-ring (bicyclic) bond motifs is 1. The van der Waals surface area contributed by atoms with Crippen LogP contribution in [0.4, 0.5) is 4.39 Å². The third-order valence-corrected chi connectivity index (χ3v) is 2.97. The molecule has 3 aromatic rings. The van der Waals surface area contributed by atoms with Crippen molar-refractivity contribution in [2.75, 3.05) is 0 Å². The lowest BCUT2D eigenvalue weighted by Gasteiger charge is -1.99. The summed E-state index contributed by atoms with van der Waals surface area (Å²) in [6.45, 7) is 0. The number of hydrogen-bond acceptors (Lipinski definition) is 2. The van der Waals surface area contributed by atoms with Gasteiger partial charge in [-0.05, 0) is 33.6 Å². The average Bonchev–Trinajstić information content (AvgIpc) is 2.71. The number of halogens is 2. The highest BCUT2D eigenvalue weighted by Crippen LogP contribution is 2.29. The maximum atomic E-state index is 13.1. The molecule has 0 amide bonds. The van der Waals surface area contributed by atoms with Crippen LogP contribution in [-0.2, 0) is 0 Å². The van der Waals surface area contributed by atoms with Crippen LogP contribution >= 0.6 is 15.9 Å². The lowest BCUT2D eigenvalue weighted by molar-refractivity contribution is 0.584. The molecule has 0 saturated carbocycles. The molecule has 0 saturated heterocycles. The van der Waals surface area contributed by atoms with Gasteiger partial charge in [-0.2, -0.15) is 4.39 Å². The first-order valence-electron chi connectivity index (χ1n) is 4.98. The Balaban J connectivity index is 2.27. The molecule has 3 aromatic heterocycles. The molecular formula is C12H7BrFN3. The fourth-order valence-electron chi connectivity index (χ4n) is 1.79. The molecule has 84 valence electrons. The average molecular weight is 292 g/mol. The number of hydrogen-bond donors (Lipinski definition) is 1.